The third kappa shape index (κ3) is 4.44. The highest BCUT2D eigenvalue weighted by atomic mass is 16.2. The zero-order valence-corrected chi connectivity index (χ0v) is 19.5. The van der Waals surface area contributed by atoms with Gasteiger partial charge in [-0.15, -0.1) is 0 Å². The number of aromatic nitrogens is 2. The fourth-order valence-corrected chi connectivity index (χ4v) is 5.27. The van der Waals surface area contributed by atoms with Gasteiger partial charge in [0.25, 0.3) is 0 Å². The summed E-state index contributed by atoms with van der Waals surface area (Å²) >= 11 is 0. The van der Waals surface area contributed by atoms with Gasteiger partial charge in [-0.3, -0.25) is 14.5 Å². The second-order valence-corrected chi connectivity index (χ2v) is 9.35. The number of likely N-dealkylation sites (tertiary alicyclic amines) is 1. The minimum absolute atomic E-state index is 0.107. The van der Waals surface area contributed by atoms with E-state index in [9.17, 15) is 9.59 Å². The molecule has 33 heavy (non-hydrogen) atoms. The Balaban J connectivity index is 1.27. The Hall–Kier alpha value is -3.00. The van der Waals surface area contributed by atoms with E-state index in [-0.39, 0.29) is 17.7 Å². The molecular formula is C25H32N6O2. The highest BCUT2D eigenvalue weighted by Crippen LogP contribution is 2.30. The van der Waals surface area contributed by atoms with Gasteiger partial charge in [0.2, 0.25) is 11.8 Å². The van der Waals surface area contributed by atoms with Gasteiger partial charge in [0.05, 0.1) is 18.8 Å². The Morgan fingerprint density at radius 3 is 2.61 bits per heavy atom. The molecule has 0 saturated carbocycles. The van der Waals surface area contributed by atoms with Crippen molar-refractivity contribution in [1.82, 2.24) is 24.7 Å². The molecule has 1 aromatic carbocycles. The van der Waals surface area contributed by atoms with Gasteiger partial charge in [-0.1, -0.05) is 24.3 Å². The van der Waals surface area contributed by atoms with Gasteiger partial charge in [0.1, 0.15) is 11.6 Å². The lowest BCUT2D eigenvalue weighted by Crippen LogP contribution is -2.44. The number of rotatable bonds is 4. The van der Waals surface area contributed by atoms with E-state index in [4.69, 9.17) is 9.97 Å². The van der Waals surface area contributed by atoms with E-state index in [1.807, 2.05) is 16.8 Å². The van der Waals surface area contributed by atoms with Crippen molar-refractivity contribution < 1.29 is 9.59 Å². The summed E-state index contributed by atoms with van der Waals surface area (Å²) in [5.74, 6) is 2.07. The number of amides is 2. The topological polar surface area (TPSA) is 81.7 Å². The van der Waals surface area contributed by atoms with Crippen molar-refractivity contribution in [2.45, 2.75) is 45.2 Å². The first-order chi connectivity index (χ1) is 16.0. The second kappa shape index (κ2) is 9.09. The van der Waals surface area contributed by atoms with Crippen LogP contribution in [-0.2, 0) is 35.5 Å². The number of carbonyl (C=O) groups is 2. The van der Waals surface area contributed by atoms with E-state index in [2.05, 4.69) is 34.5 Å². The van der Waals surface area contributed by atoms with Crippen molar-refractivity contribution in [3.63, 3.8) is 0 Å². The number of fused-ring (bicyclic) bond motifs is 2. The molecule has 8 nitrogen and oxygen atoms in total. The monoisotopic (exact) mass is 448 g/mol. The summed E-state index contributed by atoms with van der Waals surface area (Å²) in [4.78, 5) is 40.6. The van der Waals surface area contributed by atoms with Gasteiger partial charge in [0.15, 0.2) is 0 Å². The highest BCUT2D eigenvalue weighted by molar-refractivity contribution is 5.79. The summed E-state index contributed by atoms with van der Waals surface area (Å²) in [6.07, 6.45) is 2.62. The number of hydrogen-bond acceptors (Lipinski definition) is 6. The minimum atomic E-state index is 0.107. The standard InChI is InChI=1S/C25H32N6O2/c1-17(32)30-11-8-20(14-30)24-27-22-9-12-31(15-21(22)25(26-2)28-24)23(33)16-29-10-7-18-5-3-4-6-19(18)13-29/h3-6,20H,7-16H2,1-2H3,(H,26,27,28)/t20-/m1/s1. The van der Waals surface area contributed by atoms with Crippen LogP contribution in [0.2, 0.25) is 0 Å². The van der Waals surface area contributed by atoms with Gasteiger partial charge in [-0.05, 0) is 24.0 Å². The fraction of sp³-hybridized carbons (Fsp3) is 0.520. The average molecular weight is 449 g/mol. The molecule has 1 N–H and O–H groups in total. The lowest BCUT2D eigenvalue weighted by Gasteiger charge is -2.33. The molecule has 5 rings (SSSR count). The predicted octanol–water partition coefficient (Wildman–Crippen LogP) is 1.80. The molecule has 2 amide bonds. The average Bonchev–Trinajstić information content (AvgIpc) is 3.34. The predicted molar refractivity (Wildman–Crippen MR) is 126 cm³/mol. The SMILES string of the molecule is CNc1nc([C@@H]2CCN(C(C)=O)C2)nc2c1CN(C(=O)CN1CCc3ccccc3C1)CC2. The van der Waals surface area contributed by atoms with Gasteiger partial charge in [0, 0.05) is 64.6 Å². The van der Waals surface area contributed by atoms with Crippen molar-refractivity contribution in [1.29, 1.82) is 0 Å². The molecule has 3 aliphatic rings. The lowest BCUT2D eigenvalue weighted by atomic mass is 10.00. The van der Waals surface area contributed by atoms with Crippen LogP contribution < -0.4 is 5.32 Å². The molecule has 1 saturated heterocycles. The third-order valence-electron chi connectivity index (χ3n) is 7.23. The van der Waals surface area contributed by atoms with Crippen LogP contribution in [0.15, 0.2) is 24.3 Å². The summed E-state index contributed by atoms with van der Waals surface area (Å²) in [5, 5.41) is 3.22. The van der Waals surface area contributed by atoms with Crippen molar-refractivity contribution in [3.8, 4) is 0 Å². The molecule has 3 aliphatic heterocycles. The maximum Gasteiger partial charge on any atom is 0.237 e. The van der Waals surface area contributed by atoms with Crippen LogP contribution in [0, 0.1) is 0 Å². The molecule has 0 radical (unpaired) electrons. The van der Waals surface area contributed by atoms with Crippen molar-refractivity contribution in [2.24, 2.45) is 0 Å². The van der Waals surface area contributed by atoms with Crippen LogP contribution in [0.3, 0.4) is 0 Å². The van der Waals surface area contributed by atoms with E-state index < -0.39 is 0 Å². The molecule has 2 aromatic rings. The Labute approximate surface area is 195 Å². The smallest absolute Gasteiger partial charge is 0.237 e. The highest BCUT2D eigenvalue weighted by Gasteiger charge is 2.31. The molecule has 0 spiro atoms. The van der Waals surface area contributed by atoms with Crippen LogP contribution >= 0.6 is 0 Å². The van der Waals surface area contributed by atoms with Crippen LogP contribution in [0.4, 0.5) is 5.82 Å². The summed E-state index contributed by atoms with van der Waals surface area (Å²) < 4.78 is 0. The lowest BCUT2D eigenvalue weighted by molar-refractivity contribution is -0.133. The van der Waals surface area contributed by atoms with Crippen LogP contribution in [0.1, 0.15) is 47.5 Å². The Bertz CT molecular complexity index is 1050. The number of nitrogens with one attached hydrogen (secondary N) is 1. The first-order valence-corrected chi connectivity index (χ1v) is 11.9. The molecule has 1 fully saturated rings. The Morgan fingerprint density at radius 2 is 1.85 bits per heavy atom. The number of anilines is 1. The van der Waals surface area contributed by atoms with Crippen LogP contribution in [0.5, 0.6) is 0 Å². The second-order valence-electron chi connectivity index (χ2n) is 9.35. The molecular weight excluding hydrogens is 416 g/mol. The van der Waals surface area contributed by atoms with E-state index in [0.717, 1.165) is 61.8 Å². The normalized spacial score (nSPS) is 20.4. The zero-order valence-electron chi connectivity index (χ0n) is 19.5. The summed E-state index contributed by atoms with van der Waals surface area (Å²) in [6, 6.07) is 8.51. The van der Waals surface area contributed by atoms with E-state index in [1.165, 1.54) is 11.1 Å². The van der Waals surface area contributed by atoms with Crippen molar-refractivity contribution >= 4 is 17.6 Å². The Morgan fingerprint density at radius 1 is 1.03 bits per heavy atom. The molecule has 0 bridgehead atoms. The maximum atomic E-state index is 13.1. The van der Waals surface area contributed by atoms with Crippen LogP contribution in [0.25, 0.3) is 0 Å². The zero-order chi connectivity index (χ0) is 22.9. The minimum Gasteiger partial charge on any atom is -0.373 e. The first kappa shape index (κ1) is 21.8. The van der Waals surface area contributed by atoms with Gasteiger partial charge >= 0.3 is 0 Å². The van der Waals surface area contributed by atoms with Gasteiger partial charge in [-0.2, -0.15) is 0 Å². The number of carbonyl (C=O) groups excluding carboxylic acids is 2. The molecule has 1 atom stereocenters. The summed E-state index contributed by atoms with van der Waals surface area (Å²) in [7, 11) is 1.87. The maximum absolute atomic E-state index is 13.1. The summed E-state index contributed by atoms with van der Waals surface area (Å²) in [6.45, 7) is 6.47. The third-order valence-corrected chi connectivity index (χ3v) is 7.23. The van der Waals surface area contributed by atoms with E-state index in [1.54, 1.807) is 6.92 Å². The largest absolute Gasteiger partial charge is 0.373 e. The van der Waals surface area contributed by atoms with Gasteiger partial charge < -0.3 is 15.1 Å². The number of benzene rings is 1. The number of nitrogens with zero attached hydrogens (tertiary/aromatic N) is 5. The molecule has 1 aromatic heterocycles. The molecule has 4 heterocycles. The van der Waals surface area contributed by atoms with Crippen molar-refractivity contribution in [2.75, 3.05) is 45.1 Å². The van der Waals surface area contributed by atoms with E-state index >= 15 is 0 Å². The quantitative estimate of drug-likeness (QED) is 0.768. The van der Waals surface area contributed by atoms with Crippen molar-refractivity contribution in [3.05, 3.63) is 52.5 Å². The molecule has 8 heteroatoms. The van der Waals surface area contributed by atoms with E-state index in [0.29, 0.717) is 26.2 Å². The molecule has 0 unspecified atom stereocenters. The van der Waals surface area contributed by atoms with Gasteiger partial charge in [-0.25, -0.2) is 9.97 Å². The molecule has 0 aliphatic carbocycles. The first-order valence-electron chi connectivity index (χ1n) is 11.9. The number of hydrogen-bond donors (Lipinski definition) is 1. The molecule has 174 valence electrons. The fourth-order valence-electron chi connectivity index (χ4n) is 5.27. The van der Waals surface area contributed by atoms with Crippen LogP contribution in [-0.4, -0.2) is 76.3 Å². The Kier molecular flexibility index (Phi) is 6.01. The summed E-state index contributed by atoms with van der Waals surface area (Å²) in [5.41, 5.74) is 4.77.